The molecule has 8 heteroatoms. The first kappa shape index (κ1) is 17.2. The highest BCUT2D eigenvalue weighted by Gasteiger charge is 2.35. The van der Waals surface area contributed by atoms with Gasteiger partial charge in [0.15, 0.2) is 0 Å². The van der Waals surface area contributed by atoms with Crippen molar-refractivity contribution in [3.63, 3.8) is 0 Å². The largest absolute Gasteiger partial charge is 0.419 e. The normalized spacial score (nSPS) is 15.2. The molecule has 1 rings (SSSR count). The molecule has 1 heterocycles. The average Bonchev–Trinajstić information content (AvgIpc) is 2.24. The molecule has 1 atom stereocenters. The van der Waals surface area contributed by atoms with E-state index in [0.29, 0.717) is 6.54 Å². The van der Waals surface area contributed by atoms with Crippen LogP contribution in [-0.2, 0) is 6.18 Å². The van der Waals surface area contributed by atoms with E-state index in [4.69, 9.17) is 0 Å². The minimum Gasteiger partial charge on any atom is -0.387 e. The van der Waals surface area contributed by atoms with Gasteiger partial charge in [0.25, 0.3) is 0 Å². The Labute approximate surface area is 124 Å². The summed E-state index contributed by atoms with van der Waals surface area (Å²) in [6.07, 6.45) is -3.23. The molecule has 0 saturated heterocycles. The van der Waals surface area contributed by atoms with E-state index in [1.165, 1.54) is 6.20 Å². The molecule has 2 N–H and O–H groups in total. The molecule has 0 saturated carbocycles. The van der Waals surface area contributed by atoms with Crippen LogP contribution in [0.4, 0.5) is 19.0 Å². The van der Waals surface area contributed by atoms with E-state index in [0.717, 1.165) is 6.07 Å². The summed E-state index contributed by atoms with van der Waals surface area (Å²) >= 11 is 2.97. The average molecular weight is 356 g/mol. The van der Waals surface area contributed by atoms with Crippen LogP contribution in [-0.4, -0.2) is 47.8 Å². The molecule has 4 nitrogen and oxygen atoms in total. The summed E-state index contributed by atoms with van der Waals surface area (Å²) in [6.45, 7) is 1.83. The predicted molar refractivity (Wildman–Crippen MR) is 74.6 cm³/mol. The molecule has 0 bridgehead atoms. The number of nitrogens with zero attached hydrogens (tertiary/aromatic N) is 2. The van der Waals surface area contributed by atoms with Crippen molar-refractivity contribution in [2.45, 2.75) is 18.7 Å². The highest BCUT2D eigenvalue weighted by molar-refractivity contribution is 9.10. The van der Waals surface area contributed by atoms with Crippen molar-refractivity contribution in [1.82, 2.24) is 9.88 Å². The van der Waals surface area contributed by atoms with E-state index in [2.05, 4.69) is 26.2 Å². The Kier molecular flexibility index (Phi) is 5.39. The predicted octanol–water partition coefficient (Wildman–Crippen LogP) is 2.59. The number of aromatic nitrogens is 1. The zero-order valence-corrected chi connectivity index (χ0v) is 13.0. The van der Waals surface area contributed by atoms with Crippen LogP contribution in [0.3, 0.4) is 0 Å². The summed E-state index contributed by atoms with van der Waals surface area (Å²) in [6, 6.07) is 0.954. The topological polar surface area (TPSA) is 48.4 Å². The van der Waals surface area contributed by atoms with Crippen LogP contribution >= 0.6 is 15.9 Å². The SMILES string of the molecule is CN(C)CC(C)(O)CNc1ncc(Br)cc1C(F)(F)F. The van der Waals surface area contributed by atoms with Gasteiger partial charge in [-0.2, -0.15) is 13.2 Å². The fraction of sp³-hybridized carbons (Fsp3) is 0.583. The Morgan fingerprint density at radius 3 is 2.50 bits per heavy atom. The van der Waals surface area contributed by atoms with Gasteiger partial charge >= 0.3 is 6.18 Å². The van der Waals surface area contributed by atoms with Crippen molar-refractivity contribution in [1.29, 1.82) is 0 Å². The van der Waals surface area contributed by atoms with E-state index in [1.807, 2.05) is 0 Å². The van der Waals surface area contributed by atoms with Gasteiger partial charge in [-0.1, -0.05) is 0 Å². The summed E-state index contributed by atoms with van der Waals surface area (Å²) in [5, 5.41) is 12.6. The molecule has 0 fully saturated rings. The van der Waals surface area contributed by atoms with Crippen LogP contribution in [0.5, 0.6) is 0 Å². The van der Waals surface area contributed by atoms with E-state index in [1.54, 1.807) is 25.9 Å². The lowest BCUT2D eigenvalue weighted by molar-refractivity contribution is -0.137. The summed E-state index contributed by atoms with van der Waals surface area (Å²) in [5.41, 5.74) is -2.03. The Morgan fingerprint density at radius 1 is 1.40 bits per heavy atom. The number of alkyl halides is 3. The van der Waals surface area contributed by atoms with E-state index >= 15 is 0 Å². The van der Waals surface area contributed by atoms with Gasteiger partial charge in [-0.05, 0) is 43.0 Å². The molecule has 0 spiro atoms. The molecule has 1 aromatic heterocycles. The third kappa shape index (κ3) is 5.26. The molecule has 1 unspecified atom stereocenters. The minimum absolute atomic E-state index is 0.0388. The maximum absolute atomic E-state index is 12.9. The second kappa shape index (κ2) is 6.28. The van der Waals surface area contributed by atoms with E-state index in [-0.39, 0.29) is 16.8 Å². The number of anilines is 1. The molecule has 0 aromatic carbocycles. The van der Waals surface area contributed by atoms with Crippen LogP contribution in [0.15, 0.2) is 16.7 Å². The van der Waals surface area contributed by atoms with Gasteiger partial charge in [-0.15, -0.1) is 0 Å². The molecule has 1 aromatic rings. The van der Waals surface area contributed by atoms with Crippen LogP contribution in [0.2, 0.25) is 0 Å². The van der Waals surface area contributed by atoms with Crippen LogP contribution in [0.1, 0.15) is 12.5 Å². The highest BCUT2D eigenvalue weighted by atomic mass is 79.9. The standard InChI is InChI=1S/C12H17BrF3N3O/c1-11(20,7-19(2)3)6-18-10-9(12(14,15)16)4-8(13)5-17-10/h4-5,20H,6-7H2,1-3H3,(H,17,18). The van der Waals surface area contributed by atoms with Crippen molar-refractivity contribution < 1.29 is 18.3 Å². The van der Waals surface area contributed by atoms with Gasteiger partial charge in [0.1, 0.15) is 5.82 Å². The van der Waals surface area contributed by atoms with Crippen molar-refractivity contribution in [3.8, 4) is 0 Å². The second-order valence-electron chi connectivity index (χ2n) is 5.14. The molecule has 114 valence electrons. The lowest BCUT2D eigenvalue weighted by atomic mass is 10.1. The van der Waals surface area contributed by atoms with Gasteiger partial charge in [0.2, 0.25) is 0 Å². The maximum atomic E-state index is 12.9. The quantitative estimate of drug-likeness (QED) is 0.852. The first-order valence-corrected chi connectivity index (χ1v) is 6.64. The first-order chi connectivity index (χ1) is 9.01. The lowest BCUT2D eigenvalue weighted by Gasteiger charge is -2.27. The van der Waals surface area contributed by atoms with Crippen LogP contribution in [0, 0.1) is 0 Å². The monoisotopic (exact) mass is 355 g/mol. The second-order valence-corrected chi connectivity index (χ2v) is 6.05. The molecular weight excluding hydrogens is 339 g/mol. The fourth-order valence-electron chi connectivity index (χ4n) is 1.81. The van der Waals surface area contributed by atoms with Crippen molar-refractivity contribution in [2.75, 3.05) is 32.5 Å². The highest BCUT2D eigenvalue weighted by Crippen LogP contribution is 2.35. The number of rotatable bonds is 5. The zero-order valence-electron chi connectivity index (χ0n) is 11.4. The number of nitrogens with one attached hydrogen (secondary N) is 1. The summed E-state index contributed by atoms with van der Waals surface area (Å²) < 4.78 is 38.9. The van der Waals surface area contributed by atoms with Gasteiger partial charge in [0, 0.05) is 23.8 Å². The maximum Gasteiger partial charge on any atom is 0.419 e. The number of halogens is 4. The number of aliphatic hydroxyl groups is 1. The molecule has 0 aliphatic rings. The van der Waals surface area contributed by atoms with Gasteiger partial charge in [0.05, 0.1) is 11.2 Å². The van der Waals surface area contributed by atoms with Crippen LogP contribution < -0.4 is 5.32 Å². The molecule has 0 aliphatic heterocycles. The number of hydrogen-bond donors (Lipinski definition) is 2. The Hall–Kier alpha value is -0.860. The molecular formula is C12H17BrF3N3O. The Morgan fingerprint density at radius 2 is 2.00 bits per heavy atom. The van der Waals surface area contributed by atoms with Crippen molar-refractivity contribution in [2.24, 2.45) is 0 Å². The lowest BCUT2D eigenvalue weighted by Crippen LogP contribution is -2.43. The third-order valence-electron chi connectivity index (χ3n) is 2.45. The van der Waals surface area contributed by atoms with Gasteiger partial charge < -0.3 is 15.3 Å². The zero-order chi connectivity index (χ0) is 15.6. The molecule has 0 aliphatic carbocycles. The van der Waals surface area contributed by atoms with E-state index < -0.39 is 17.3 Å². The smallest absolute Gasteiger partial charge is 0.387 e. The molecule has 0 amide bonds. The van der Waals surface area contributed by atoms with Crippen molar-refractivity contribution >= 4 is 21.7 Å². The molecule has 20 heavy (non-hydrogen) atoms. The van der Waals surface area contributed by atoms with Crippen LogP contribution in [0.25, 0.3) is 0 Å². The first-order valence-electron chi connectivity index (χ1n) is 5.85. The minimum atomic E-state index is -4.51. The molecule has 0 radical (unpaired) electrons. The number of likely N-dealkylation sites (N-methyl/N-ethyl adjacent to an activating group) is 1. The van der Waals surface area contributed by atoms with E-state index in [9.17, 15) is 18.3 Å². The number of hydrogen-bond acceptors (Lipinski definition) is 4. The third-order valence-corrected chi connectivity index (χ3v) is 2.89. The Bertz CT molecular complexity index is 464. The summed E-state index contributed by atoms with van der Waals surface area (Å²) in [4.78, 5) is 5.48. The Balaban J connectivity index is 2.88. The van der Waals surface area contributed by atoms with Gasteiger partial charge in [-0.25, -0.2) is 4.98 Å². The summed E-state index contributed by atoms with van der Waals surface area (Å²) in [7, 11) is 3.54. The summed E-state index contributed by atoms with van der Waals surface area (Å²) in [5.74, 6) is -0.292. The number of pyridine rings is 1. The van der Waals surface area contributed by atoms with Gasteiger partial charge in [-0.3, -0.25) is 0 Å². The van der Waals surface area contributed by atoms with Crippen molar-refractivity contribution in [3.05, 3.63) is 22.3 Å². The fourth-order valence-corrected chi connectivity index (χ4v) is 2.14.